The molecular formula is C39H47N3O2. The maximum absolute atomic E-state index is 13.6. The van der Waals surface area contributed by atoms with E-state index in [9.17, 15) is 9.90 Å². The number of ketones is 1. The van der Waals surface area contributed by atoms with Gasteiger partial charge in [0, 0.05) is 5.56 Å². The summed E-state index contributed by atoms with van der Waals surface area (Å²) in [6.07, 6.45) is 11.7. The normalized spacial score (nSPS) is 17.2. The highest BCUT2D eigenvalue weighted by atomic mass is 16.3. The van der Waals surface area contributed by atoms with Crippen molar-refractivity contribution >= 4 is 29.8 Å². The molecule has 2 unspecified atom stereocenters. The highest BCUT2D eigenvalue weighted by Crippen LogP contribution is 2.41. The van der Waals surface area contributed by atoms with Crippen LogP contribution in [0.15, 0.2) is 84.0 Å². The predicted octanol–water partition coefficient (Wildman–Crippen LogP) is 8.35. The van der Waals surface area contributed by atoms with Crippen molar-refractivity contribution in [2.45, 2.75) is 79.0 Å². The van der Waals surface area contributed by atoms with E-state index in [1.807, 2.05) is 48.5 Å². The number of nitrogens with one attached hydrogen (secondary N) is 2. The third kappa shape index (κ3) is 7.90. The van der Waals surface area contributed by atoms with E-state index < -0.39 is 11.8 Å². The highest BCUT2D eigenvalue weighted by Gasteiger charge is 2.34. The number of allylic oxidation sites excluding steroid dienone is 3. The van der Waals surface area contributed by atoms with Crippen LogP contribution in [-0.2, 0) is 5.72 Å². The first-order valence-electron chi connectivity index (χ1n) is 15.5. The van der Waals surface area contributed by atoms with Gasteiger partial charge in [0.2, 0.25) is 0 Å². The lowest BCUT2D eigenvalue weighted by Gasteiger charge is -2.33. The van der Waals surface area contributed by atoms with Gasteiger partial charge in [-0.1, -0.05) is 98.3 Å². The summed E-state index contributed by atoms with van der Waals surface area (Å²) >= 11 is 0. The van der Waals surface area contributed by atoms with Gasteiger partial charge in [0.05, 0.1) is 18.3 Å². The van der Waals surface area contributed by atoms with Crippen molar-refractivity contribution in [2.24, 2.45) is 11.1 Å². The summed E-state index contributed by atoms with van der Waals surface area (Å²) in [6, 6.07) is 20.5. The quantitative estimate of drug-likeness (QED) is 0.0594. The molecule has 0 fully saturated rings. The number of aryl methyl sites for hydroxylation is 2. The molecule has 5 nitrogen and oxygen atoms in total. The average Bonchev–Trinajstić information content (AvgIpc) is 2.96. The Bertz CT molecular complexity index is 1610. The number of carbonyl (C=O) groups is 1. The molecule has 44 heavy (non-hydrogen) atoms. The molecule has 3 aromatic rings. The fourth-order valence-electron chi connectivity index (χ4n) is 6.34. The Balaban J connectivity index is 1.56. The Morgan fingerprint density at radius 2 is 1.59 bits per heavy atom. The molecule has 0 amide bonds. The van der Waals surface area contributed by atoms with Crippen molar-refractivity contribution < 1.29 is 9.90 Å². The van der Waals surface area contributed by atoms with Crippen LogP contribution in [0.1, 0.15) is 97.1 Å². The van der Waals surface area contributed by atoms with Gasteiger partial charge in [0.1, 0.15) is 5.72 Å². The van der Waals surface area contributed by atoms with Gasteiger partial charge in [0.25, 0.3) is 0 Å². The number of Topliss-reactive ketones (excluding diaryl/α,β-unsaturated/α-hetero) is 1. The van der Waals surface area contributed by atoms with Gasteiger partial charge in [-0.25, -0.2) is 0 Å². The molecule has 230 valence electrons. The summed E-state index contributed by atoms with van der Waals surface area (Å²) in [4.78, 5) is 13.6. The summed E-state index contributed by atoms with van der Waals surface area (Å²) < 4.78 is 0. The number of nitrogens with two attached hydrogens (primary N) is 1. The zero-order valence-electron chi connectivity index (χ0n) is 27.0. The molecule has 0 saturated heterocycles. The first kappa shape index (κ1) is 32.8. The number of hydrogen-bond donors (Lipinski definition) is 4. The Morgan fingerprint density at radius 1 is 0.977 bits per heavy atom. The van der Waals surface area contributed by atoms with Crippen molar-refractivity contribution in [3.8, 4) is 0 Å². The van der Waals surface area contributed by atoms with Gasteiger partial charge in [-0.3, -0.25) is 15.5 Å². The van der Waals surface area contributed by atoms with Crippen LogP contribution >= 0.6 is 0 Å². The number of rotatable bonds is 11. The second-order valence-corrected chi connectivity index (χ2v) is 12.9. The van der Waals surface area contributed by atoms with Crippen LogP contribution in [0, 0.1) is 24.7 Å². The van der Waals surface area contributed by atoms with E-state index in [4.69, 9.17) is 11.1 Å². The maximum atomic E-state index is 13.6. The Hall–Kier alpha value is -4.06. The Labute approximate surface area is 263 Å². The van der Waals surface area contributed by atoms with Crippen molar-refractivity contribution in [1.29, 1.82) is 5.41 Å². The van der Waals surface area contributed by atoms with Gasteiger partial charge in [-0.15, -0.1) is 0 Å². The second-order valence-electron chi connectivity index (χ2n) is 12.9. The molecule has 0 bridgehead atoms. The van der Waals surface area contributed by atoms with E-state index in [2.05, 4.69) is 70.3 Å². The number of amidine groups is 1. The molecule has 0 aromatic heterocycles. The largest absolute Gasteiger partial charge is 0.388 e. The van der Waals surface area contributed by atoms with E-state index in [0.29, 0.717) is 11.1 Å². The smallest absolute Gasteiger partial charge is 0.179 e. The lowest BCUT2D eigenvalue weighted by Crippen LogP contribution is -2.51. The second kappa shape index (κ2) is 13.7. The van der Waals surface area contributed by atoms with Crippen molar-refractivity contribution in [3.63, 3.8) is 0 Å². The van der Waals surface area contributed by atoms with Crippen LogP contribution in [0.5, 0.6) is 0 Å². The predicted molar refractivity (Wildman–Crippen MR) is 184 cm³/mol. The number of benzene rings is 3. The molecule has 5 heteroatoms. The van der Waals surface area contributed by atoms with Crippen molar-refractivity contribution in [1.82, 2.24) is 5.32 Å². The van der Waals surface area contributed by atoms with E-state index >= 15 is 0 Å². The van der Waals surface area contributed by atoms with Crippen LogP contribution in [-0.4, -0.2) is 22.8 Å². The summed E-state index contributed by atoms with van der Waals surface area (Å²) in [5.74, 6) is -0.337. The lowest BCUT2D eigenvalue weighted by atomic mass is 9.72. The molecular weight excluding hydrogens is 542 g/mol. The Kier molecular flexibility index (Phi) is 10.2. The van der Waals surface area contributed by atoms with E-state index in [1.165, 1.54) is 34.3 Å². The summed E-state index contributed by atoms with van der Waals surface area (Å²) in [5.41, 5.74) is 13.5. The molecule has 5 N–H and O–H groups in total. The number of carbonyl (C=O) groups excluding carboxylic acids is 1. The SMILES string of the molecule is CC1=C(C=Cc2cccc(C(O)(CC(=N)N)NC(C)C(=O)c3cccc(C=Cc4c(C)cccc4C)c3)c2)C(C)(C)CCC1. The summed E-state index contributed by atoms with van der Waals surface area (Å²) in [5, 5.41) is 23.0. The minimum atomic E-state index is -1.70. The molecule has 1 aliphatic rings. The minimum Gasteiger partial charge on any atom is -0.388 e. The third-order valence-electron chi connectivity index (χ3n) is 8.80. The molecule has 3 aromatic carbocycles. The van der Waals surface area contributed by atoms with Crippen LogP contribution < -0.4 is 11.1 Å². The van der Waals surface area contributed by atoms with Gasteiger partial charge >= 0.3 is 0 Å². The molecule has 0 heterocycles. The molecule has 0 radical (unpaired) electrons. The number of hydrogen-bond acceptors (Lipinski definition) is 4. The first-order valence-corrected chi connectivity index (χ1v) is 15.5. The van der Waals surface area contributed by atoms with Crippen molar-refractivity contribution in [3.05, 3.63) is 123 Å². The van der Waals surface area contributed by atoms with E-state index in [-0.39, 0.29) is 23.5 Å². The standard InChI is InChI=1S/C39H47N3O2/c1-26-11-7-12-27(2)34(26)20-18-30-14-8-16-32(23-30)37(43)29(4)42-39(44,25-36(40)41)33-17-9-15-31(24-33)19-21-35-28(3)13-10-22-38(35,5)6/h7-9,11-12,14-21,23-24,29,42,44H,10,13,22,25H2,1-6H3,(H3,40,41). The van der Waals surface area contributed by atoms with E-state index in [0.717, 1.165) is 24.0 Å². The molecule has 2 atom stereocenters. The van der Waals surface area contributed by atoms with Crippen molar-refractivity contribution in [2.75, 3.05) is 0 Å². The Morgan fingerprint density at radius 3 is 2.25 bits per heavy atom. The molecule has 4 rings (SSSR count). The van der Waals surface area contributed by atoms with Gasteiger partial charge < -0.3 is 10.8 Å². The zero-order chi connectivity index (χ0) is 32.1. The average molecular weight is 590 g/mol. The fourth-order valence-corrected chi connectivity index (χ4v) is 6.34. The van der Waals surface area contributed by atoms with E-state index in [1.54, 1.807) is 19.1 Å². The van der Waals surface area contributed by atoms with Crippen LogP contribution in [0.2, 0.25) is 0 Å². The highest BCUT2D eigenvalue weighted by molar-refractivity contribution is 6.00. The third-order valence-corrected chi connectivity index (χ3v) is 8.80. The fraction of sp³-hybridized carbons (Fsp3) is 0.333. The monoisotopic (exact) mass is 589 g/mol. The topological polar surface area (TPSA) is 99.2 Å². The molecule has 0 saturated carbocycles. The van der Waals surface area contributed by atoms with Gasteiger partial charge in [0.15, 0.2) is 5.78 Å². The van der Waals surface area contributed by atoms with Crippen LogP contribution in [0.3, 0.4) is 0 Å². The molecule has 0 spiro atoms. The minimum absolute atomic E-state index is 0.121. The van der Waals surface area contributed by atoms with Gasteiger partial charge in [-0.2, -0.15) is 0 Å². The van der Waals surface area contributed by atoms with Gasteiger partial charge in [-0.05, 0) is 103 Å². The van der Waals surface area contributed by atoms with Crippen LogP contribution in [0.4, 0.5) is 0 Å². The first-order chi connectivity index (χ1) is 20.8. The zero-order valence-corrected chi connectivity index (χ0v) is 27.0. The molecule has 1 aliphatic carbocycles. The van der Waals surface area contributed by atoms with Crippen LogP contribution in [0.25, 0.3) is 18.2 Å². The lowest BCUT2D eigenvalue weighted by molar-refractivity contribution is -0.00142. The summed E-state index contributed by atoms with van der Waals surface area (Å²) in [6.45, 7) is 12.7. The summed E-state index contributed by atoms with van der Waals surface area (Å²) in [7, 11) is 0. The number of aliphatic hydroxyl groups is 1. The molecule has 0 aliphatic heterocycles. The maximum Gasteiger partial charge on any atom is 0.179 e.